The number of aromatic amines is 1. The average molecular weight is 468 g/mol. The summed E-state index contributed by atoms with van der Waals surface area (Å²) in [4.78, 5) is 35.9. The van der Waals surface area contributed by atoms with Gasteiger partial charge < -0.3 is 24.2 Å². The van der Waals surface area contributed by atoms with Gasteiger partial charge in [-0.1, -0.05) is 5.92 Å². The number of phosphoric ester groups is 1. The Morgan fingerprint density at radius 2 is 1.84 bits per heavy atom. The van der Waals surface area contributed by atoms with Gasteiger partial charge in [-0.05, 0) is 31.2 Å². The molecule has 2 heterocycles. The van der Waals surface area contributed by atoms with E-state index in [-0.39, 0.29) is 11.3 Å². The standard InChI is InChI=1S/C19H21N2O10P/c1-3-4-11-9-21(19(25)20-17(11)24)18-16(23)15(22)14(30-18)10-29-32(26,27)31-13-7-5-12(28-2)6-8-13/h5-9,14-16,18,22-23H,10H2,1-2H3,(H,26,27)(H,20,24,25)/t14-,15-,16+,18-/m1/s1. The predicted molar refractivity (Wildman–Crippen MR) is 109 cm³/mol. The Hall–Kier alpha value is -2.91. The summed E-state index contributed by atoms with van der Waals surface area (Å²) in [5, 5.41) is 20.6. The first-order chi connectivity index (χ1) is 15.1. The van der Waals surface area contributed by atoms with Gasteiger partial charge in [-0.25, -0.2) is 9.36 Å². The number of aliphatic hydroxyl groups excluding tert-OH is 2. The number of methoxy groups -OCH3 is 1. The molecule has 1 unspecified atom stereocenters. The molecule has 1 aromatic carbocycles. The summed E-state index contributed by atoms with van der Waals surface area (Å²) in [6, 6.07) is 5.81. The fraction of sp³-hybridized carbons (Fsp3) is 0.368. The molecule has 0 radical (unpaired) electrons. The van der Waals surface area contributed by atoms with Crippen molar-refractivity contribution >= 4 is 7.82 Å². The Kier molecular flexibility index (Phi) is 7.20. The predicted octanol–water partition coefficient (Wildman–Crippen LogP) is -0.268. The number of aromatic nitrogens is 2. The summed E-state index contributed by atoms with van der Waals surface area (Å²) in [5.41, 5.74) is -1.67. The summed E-state index contributed by atoms with van der Waals surface area (Å²) < 4.78 is 33.3. The number of rotatable bonds is 7. The molecule has 0 aliphatic carbocycles. The van der Waals surface area contributed by atoms with Gasteiger partial charge in [0.05, 0.1) is 13.7 Å². The summed E-state index contributed by atoms with van der Waals surface area (Å²) in [5.74, 6) is 5.57. The third-order valence-corrected chi connectivity index (χ3v) is 5.44. The van der Waals surface area contributed by atoms with Crippen molar-refractivity contribution in [2.45, 2.75) is 31.5 Å². The summed E-state index contributed by atoms with van der Waals surface area (Å²) in [6.07, 6.45) is -4.77. The van der Waals surface area contributed by atoms with E-state index in [2.05, 4.69) is 11.8 Å². The average Bonchev–Trinajstić information content (AvgIpc) is 3.03. The van der Waals surface area contributed by atoms with Gasteiger partial charge in [-0.3, -0.25) is 23.8 Å². The van der Waals surface area contributed by atoms with E-state index in [1.165, 1.54) is 38.3 Å². The number of hydrogen-bond donors (Lipinski definition) is 4. The van der Waals surface area contributed by atoms with Crippen molar-refractivity contribution < 1.29 is 38.2 Å². The molecule has 1 aliphatic rings. The number of nitrogens with zero attached hydrogens (tertiary/aromatic N) is 1. The molecule has 0 bridgehead atoms. The minimum absolute atomic E-state index is 0.0341. The van der Waals surface area contributed by atoms with Crippen LogP contribution in [0.4, 0.5) is 0 Å². The summed E-state index contributed by atoms with van der Waals surface area (Å²) in [7, 11) is -3.15. The third-order valence-electron chi connectivity index (χ3n) is 4.52. The van der Waals surface area contributed by atoms with Crippen molar-refractivity contribution in [2.75, 3.05) is 13.7 Å². The fourth-order valence-corrected chi connectivity index (χ4v) is 3.73. The van der Waals surface area contributed by atoms with E-state index in [1.807, 2.05) is 4.98 Å². The second-order valence-electron chi connectivity index (χ2n) is 6.66. The second kappa shape index (κ2) is 9.70. The first-order valence-corrected chi connectivity index (χ1v) is 10.8. The number of phosphoric acid groups is 1. The molecule has 0 spiro atoms. The third kappa shape index (κ3) is 5.28. The lowest BCUT2D eigenvalue weighted by Gasteiger charge is -2.18. The Labute approximate surface area is 181 Å². The first kappa shape index (κ1) is 23.7. The van der Waals surface area contributed by atoms with Gasteiger partial charge in [-0.15, -0.1) is 5.92 Å². The Morgan fingerprint density at radius 3 is 2.47 bits per heavy atom. The zero-order valence-corrected chi connectivity index (χ0v) is 17.9. The molecule has 1 aromatic heterocycles. The number of H-pyrrole nitrogens is 1. The van der Waals surface area contributed by atoms with Crippen molar-refractivity contribution in [2.24, 2.45) is 0 Å². The maximum absolute atomic E-state index is 12.2. The topological polar surface area (TPSA) is 170 Å². The van der Waals surface area contributed by atoms with Crippen molar-refractivity contribution in [1.82, 2.24) is 9.55 Å². The Bertz CT molecular complexity index is 1180. The molecule has 1 saturated heterocycles. The maximum Gasteiger partial charge on any atom is 0.527 e. The molecule has 13 heteroatoms. The van der Waals surface area contributed by atoms with Gasteiger partial charge in [0.1, 0.15) is 35.4 Å². The van der Waals surface area contributed by atoms with Crippen LogP contribution in [0.1, 0.15) is 18.7 Å². The molecule has 1 fully saturated rings. The maximum atomic E-state index is 12.2. The Morgan fingerprint density at radius 1 is 1.19 bits per heavy atom. The van der Waals surface area contributed by atoms with Crippen LogP contribution in [-0.2, 0) is 13.8 Å². The highest BCUT2D eigenvalue weighted by molar-refractivity contribution is 7.47. The normalized spacial score (nSPS) is 24.3. The van der Waals surface area contributed by atoms with Crippen LogP contribution in [0.2, 0.25) is 0 Å². The van der Waals surface area contributed by atoms with Crippen molar-refractivity contribution in [1.29, 1.82) is 0 Å². The molecule has 1 aliphatic heterocycles. The van der Waals surface area contributed by atoms with Gasteiger partial charge in [-0.2, -0.15) is 0 Å². The Balaban J connectivity index is 1.70. The monoisotopic (exact) mass is 468 g/mol. The van der Waals surface area contributed by atoms with Crippen LogP contribution in [0.3, 0.4) is 0 Å². The van der Waals surface area contributed by atoms with Crippen LogP contribution in [0.25, 0.3) is 0 Å². The fourth-order valence-electron chi connectivity index (χ4n) is 2.96. The SMILES string of the molecule is CC#Cc1cn([C@@H]2O[C@H](COP(=O)(O)Oc3ccc(OC)cc3)[C@@H](O)[C@@H]2O)c(=O)[nH]c1=O. The van der Waals surface area contributed by atoms with E-state index in [4.69, 9.17) is 18.5 Å². The number of nitrogens with one attached hydrogen (secondary N) is 1. The van der Waals surface area contributed by atoms with Crippen LogP contribution in [0, 0.1) is 11.8 Å². The van der Waals surface area contributed by atoms with Crippen LogP contribution >= 0.6 is 7.82 Å². The lowest BCUT2D eigenvalue weighted by Crippen LogP contribution is -2.38. The van der Waals surface area contributed by atoms with Crippen LogP contribution in [-0.4, -0.2) is 56.7 Å². The van der Waals surface area contributed by atoms with Crippen LogP contribution in [0.15, 0.2) is 40.1 Å². The first-order valence-electron chi connectivity index (χ1n) is 9.26. The van der Waals surface area contributed by atoms with E-state index in [1.54, 1.807) is 0 Å². The quantitative estimate of drug-likeness (QED) is 0.313. The highest BCUT2D eigenvalue weighted by atomic mass is 31.2. The number of hydrogen-bond acceptors (Lipinski definition) is 9. The molecular formula is C19H21N2O10P. The van der Waals surface area contributed by atoms with E-state index >= 15 is 0 Å². The van der Waals surface area contributed by atoms with Crippen molar-refractivity contribution in [3.8, 4) is 23.3 Å². The van der Waals surface area contributed by atoms with Gasteiger partial charge in [0.15, 0.2) is 6.23 Å². The smallest absolute Gasteiger partial charge is 0.497 e. The molecule has 4 N–H and O–H groups in total. The number of ether oxygens (including phenoxy) is 2. The van der Waals surface area contributed by atoms with Gasteiger partial charge in [0.2, 0.25) is 0 Å². The molecule has 2 aromatic rings. The molecule has 0 saturated carbocycles. The number of aliphatic hydroxyl groups is 2. The van der Waals surface area contributed by atoms with E-state index in [9.17, 15) is 29.3 Å². The van der Waals surface area contributed by atoms with E-state index < -0.39 is 50.2 Å². The van der Waals surface area contributed by atoms with E-state index in [0.29, 0.717) is 5.75 Å². The zero-order valence-electron chi connectivity index (χ0n) is 17.0. The molecule has 32 heavy (non-hydrogen) atoms. The van der Waals surface area contributed by atoms with Gasteiger partial charge in [0, 0.05) is 6.20 Å². The van der Waals surface area contributed by atoms with Crippen molar-refractivity contribution in [3.05, 3.63) is 56.9 Å². The minimum atomic E-state index is -4.61. The molecule has 3 rings (SSSR count). The van der Waals surface area contributed by atoms with E-state index in [0.717, 1.165) is 10.8 Å². The molecule has 12 nitrogen and oxygen atoms in total. The lowest BCUT2D eigenvalue weighted by atomic mass is 10.1. The minimum Gasteiger partial charge on any atom is -0.497 e. The second-order valence-corrected chi connectivity index (χ2v) is 8.04. The number of benzene rings is 1. The van der Waals surface area contributed by atoms with Crippen molar-refractivity contribution in [3.63, 3.8) is 0 Å². The van der Waals surface area contributed by atoms with Gasteiger partial charge in [0.25, 0.3) is 5.56 Å². The highest BCUT2D eigenvalue weighted by Crippen LogP contribution is 2.45. The highest BCUT2D eigenvalue weighted by Gasteiger charge is 2.45. The molecular weight excluding hydrogens is 447 g/mol. The molecule has 0 amide bonds. The molecule has 172 valence electrons. The largest absolute Gasteiger partial charge is 0.527 e. The summed E-state index contributed by atoms with van der Waals surface area (Å²) in [6.45, 7) is 0.854. The summed E-state index contributed by atoms with van der Waals surface area (Å²) >= 11 is 0. The lowest BCUT2D eigenvalue weighted by molar-refractivity contribution is -0.0540. The van der Waals surface area contributed by atoms with Gasteiger partial charge >= 0.3 is 13.5 Å². The molecule has 5 atom stereocenters. The zero-order chi connectivity index (χ0) is 23.5. The van der Waals surface area contributed by atoms with Crippen LogP contribution in [0.5, 0.6) is 11.5 Å². The van der Waals surface area contributed by atoms with Crippen LogP contribution < -0.4 is 20.5 Å².